The number of hydrazine groups is 1. The predicted octanol–water partition coefficient (Wildman–Crippen LogP) is 3.42. The Labute approximate surface area is 121 Å². The average Bonchev–Trinajstić information content (AvgIpc) is 2.72. The maximum Gasteiger partial charge on any atom is 0.0523 e. The lowest BCUT2D eigenvalue weighted by Gasteiger charge is -2.15. The first kappa shape index (κ1) is 13.2. The van der Waals surface area contributed by atoms with Crippen molar-refractivity contribution < 1.29 is 0 Å². The molecule has 0 amide bonds. The molecule has 3 N–H and O–H groups in total. The summed E-state index contributed by atoms with van der Waals surface area (Å²) in [7, 11) is 0. The van der Waals surface area contributed by atoms with E-state index in [1.54, 1.807) is 17.5 Å². The first-order valence-corrected chi connectivity index (χ1v) is 7.45. The molecule has 90 valence electrons. The Balaban J connectivity index is 2.16. The van der Waals surface area contributed by atoms with Crippen LogP contribution < -0.4 is 11.3 Å². The van der Waals surface area contributed by atoms with E-state index in [9.17, 15) is 0 Å². The molecular formula is C11H11Br2N3S. The van der Waals surface area contributed by atoms with Gasteiger partial charge in [0.15, 0.2) is 0 Å². The van der Waals surface area contributed by atoms with Gasteiger partial charge in [-0.15, -0.1) is 11.3 Å². The van der Waals surface area contributed by atoms with Crippen LogP contribution in [0.2, 0.25) is 0 Å². The summed E-state index contributed by atoms with van der Waals surface area (Å²) in [5, 5.41) is 2.07. The molecule has 2 rings (SSSR count). The normalized spacial score (nSPS) is 12.6. The third kappa shape index (κ3) is 3.59. The highest BCUT2D eigenvalue weighted by Crippen LogP contribution is 2.25. The van der Waals surface area contributed by atoms with Gasteiger partial charge >= 0.3 is 0 Å². The number of thiophene rings is 1. The van der Waals surface area contributed by atoms with Crippen LogP contribution >= 0.6 is 43.2 Å². The van der Waals surface area contributed by atoms with Crippen molar-refractivity contribution in [2.45, 2.75) is 12.5 Å². The van der Waals surface area contributed by atoms with Crippen molar-refractivity contribution >= 4 is 43.2 Å². The summed E-state index contributed by atoms with van der Waals surface area (Å²) in [5.41, 5.74) is 3.91. The van der Waals surface area contributed by atoms with Crippen molar-refractivity contribution in [3.8, 4) is 0 Å². The summed E-state index contributed by atoms with van der Waals surface area (Å²) in [6.45, 7) is 0. The lowest BCUT2D eigenvalue weighted by Crippen LogP contribution is -2.29. The molecule has 2 heterocycles. The number of nitrogens with one attached hydrogen (secondary N) is 1. The number of hydrogen-bond donors (Lipinski definition) is 2. The molecule has 1 unspecified atom stereocenters. The molecular weight excluding hydrogens is 366 g/mol. The lowest BCUT2D eigenvalue weighted by molar-refractivity contribution is 0.553. The molecule has 0 aromatic carbocycles. The molecule has 0 saturated heterocycles. The topological polar surface area (TPSA) is 50.9 Å². The zero-order valence-corrected chi connectivity index (χ0v) is 12.8. The van der Waals surface area contributed by atoms with Gasteiger partial charge in [-0.05, 0) is 49.6 Å². The summed E-state index contributed by atoms with van der Waals surface area (Å²) in [6, 6.07) is 4.21. The fourth-order valence-corrected chi connectivity index (χ4v) is 3.43. The molecule has 0 aliphatic heterocycles. The number of pyridine rings is 1. The van der Waals surface area contributed by atoms with Gasteiger partial charge in [-0.2, -0.15) is 0 Å². The second-order valence-electron chi connectivity index (χ2n) is 3.59. The summed E-state index contributed by atoms with van der Waals surface area (Å²) < 4.78 is 2.07. The van der Waals surface area contributed by atoms with Crippen LogP contribution in [0.3, 0.4) is 0 Å². The van der Waals surface area contributed by atoms with Gasteiger partial charge < -0.3 is 0 Å². The largest absolute Gasteiger partial charge is 0.271 e. The smallest absolute Gasteiger partial charge is 0.0523 e. The van der Waals surface area contributed by atoms with Crippen LogP contribution in [0.1, 0.15) is 16.5 Å². The molecule has 3 nitrogen and oxygen atoms in total. The van der Waals surface area contributed by atoms with Gasteiger partial charge in [0.25, 0.3) is 0 Å². The standard InChI is InChI=1S/C11H11Br2N3S/c12-8-1-7(4-15-5-8)11(16-14)3-10-2-9(13)6-17-10/h1-2,4-6,11,16H,3,14H2. The molecule has 6 heteroatoms. The van der Waals surface area contributed by atoms with Crippen molar-refractivity contribution in [1.82, 2.24) is 10.4 Å². The molecule has 0 aliphatic carbocycles. The van der Waals surface area contributed by atoms with Crippen molar-refractivity contribution in [1.29, 1.82) is 0 Å². The first-order chi connectivity index (χ1) is 8.19. The van der Waals surface area contributed by atoms with Crippen LogP contribution in [0.4, 0.5) is 0 Å². The second-order valence-corrected chi connectivity index (χ2v) is 6.42. The molecule has 0 spiro atoms. The van der Waals surface area contributed by atoms with E-state index in [1.807, 2.05) is 12.3 Å². The molecule has 0 bridgehead atoms. The monoisotopic (exact) mass is 375 g/mol. The maximum atomic E-state index is 5.61. The third-order valence-corrected chi connectivity index (χ3v) is 4.51. The number of nitrogens with zero attached hydrogens (tertiary/aromatic N) is 1. The molecule has 0 fully saturated rings. The van der Waals surface area contributed by atoms with Gasteiger partial charge in [-0.25, -0.2) is 0 Å². The molecule has 2 aromatic rings. The summed E-state index contributed by atoms with van der Waals surface area (Å²) in [4.78, 5) is 5.43. The van der Waals surface area contributed by atoms with Crippen LogP contribution in [0, 0.1) is 0 Å². The second kappa shape index (κ2) is 6.06. The van der Waals surface area contributed by atoms with E-state index in [0.29, 0.717) is 0 Å². The van der Waals surface area contributed by atoms with E-state index in [0.717, 1.165) is 20.9 Å². The molecule has 0 saturated carbocycles. The Morgan fingerprint density at radius 2 is 2.12 bits per heavy atom. The van der Waals surface area contributed by atoms with Gasteiger partial charge in [-0.3, -0.25) is 16.3 Å². The Hall–Kier alpha value is -0.270. The van der Waals surface area contributed by atoms with Gasteiger partial charge in [-0.1, -0.05) is 0 Å². The summed E-state index contributed by atoms with van der Waals surface area (Å²) in [5.74, 6) is 5.61. The summed E-state index contributed by atoms with van der Waals surface area (Å²) in [6.07, 6.45) is 4.45. The van der Waals surface area contributed by atoms with Crippen LogP contribution in [-0.2, 0) is 6.42 Å². The van der Waals surface area contributed by atoms with E-state index in [-0.39, 0.29) is 6.04 Å². The van der Waals surface area contributed by atoms with Crippen molar-refractivity contribution in [2.24, 2.45) is 5.84 Å². The van der Waals surface area contributed by atoms with Gasteiger partial charge in [0, 0.05) is 38.0 Å². The molecule has 0 aliphatic rings. The maximum absolute atomic E-state index is 5.61. The van der Waals surface area contributed by atoms with Gasteiger partial charge in [0.2, 0.25) is 0 Å². The van der Waals surface area contributed by atoms with Gasteiger partial charge in [0.05, 0.1) is 6.04 Å². The molecule has 0 radical (unpaired) electrons. The number of aromatic nitrogens is 1. The van der Waals surface area contributed by atoms with Crippen molar-refractivity contribution in [2.75, 3.05) is 0 Å². The predicted molar refractivity (Wildman–Crippen MR) is 77.7 cm³/mol. The number of halogens is 2. The van der Waals surface area contributed by atoms with Crippen LogP contribution in [0.15, 0.2) is 38.9 Å². The highest BCUT2D eigenvalue weighted by Gasteiger charge is 2.12. The van der Waals surface area contributed by atoms with Crippen molar-refractivity contribution in [3.63, 3.8) is 0 Å². The minimum absolute atomic E-state index is 0.0746. The SMILES string of the molecule is NNC(Cc1cc(Br)cs1)c1cncc(Br)c1. The fraction of sp³-hybridized carbons (Fsp3) is 0.182. The highest BCUT2D eigenvalue weighted by molar-refractivity contribution is 9.10. The minimum atomic E-state index is 0.0746. The minimum Gasteiger partial charge on any atom is -0.271 e. The Morgan fingerprint density at radius 3 is 2.71 bits per heavy atom. The zero-order valence-electron chi connectivity index (χ0n) is 8.86. The van der Waals surface area contributed by atoms with E-state index in [4.69, 9.17) is 5.84 Å². The third-order valence-electron chi connectivity index (χ3n) is 2.36. The zero-order chi connectivity index (χ0) is 12.3. The molecule has 17 heavy (non-hydrogen) atoms. The summed E-state index contributed by atoms with van der Waals surface area (Å²) >= 11 is 8.58. The lowest BCUT2D eigenvalue weighted by atomic mass is 10.1. The average molecular weight is 377 g/mol. The number of hydrogen-bond acceptors (Lipinski definition) is 4. The van der Waals surface area contributed by atoms with Crippen LogP contribution in [0.25, 0.3) is 0 Å². The highest BCUT2D eigenvalue weighted by atomic mass is 79.9. The van der Waals surface area contributed by atoms with E-state index < -0.39 is 0 Å². The Bertz CT molecular complexity index is 501. The molecule has 2 aromatic heterocycles. The number of rotatable bonds is 4. The van der Waals surface area contributed by atoms with Gasteiger partial charge in [0.1, 0.15) is 0 Å². The van der Waals surface area contributed by atoms with E-state index in [1.165, 1.54) is 4.88 Å². The fourth-order valence-electron chi connectivity index (χ4n) is 1.55. The van der Waals surface area contributed by atoms with Crippen LogP contribution in [-0.4, -0.2) is 4.98 Å². The quantitative estimate of drug-likeness (QED) is 0.634. The first-order valence-electron chi connectivity index (χ1n) is 4.98. The van der Waals surface area contributed by atoms with Crippen LogP contribution in [0.5, 0.6) is 0 Å². The molecule has 1 atom stereocenters. The Morgan fingerprint density at radius 1 is 1.29 bits per heavy atom. The Kier molecular flexibility index (Phi) is 4.69. The van der Waals surface area contributed by atoms with E-state index >= 15 is 0 Å². The van der Waals surface area contributed by atoms with E-state index in [2.05, 4.69) is 53.7 Å². The van der Waals surface area contributed by atoms with Crippen molar-refractivity contribution in [3.05, 3.63) is 49.3 Å². The number of nitrogens with two attached hydrogens (primary N) is 1.